The van der Waals surface area contributed by atoms with E-state index in [4.69, 9.17) is 11.6 Å². The third kappa shape index (κ3) is 1.80. The molecule has 0 bridgehead atoms. The summed E-state index contributed by atoms with van der Waals surface area (Å²) in [5.41, 5.74) is 0.797. The first kappa shape index (κ1) is 9.13. The Morgan fingerprint density at radius 2 is 2.33 bits per heavy atom. The minimum absolute atomic E-state index is 0.0405. The molecule has 0 saturated heterocycles. The molecule has 4 heteroatoms. The molecule has 0 fully saturated rings. The van der Waals surface area contributed by atoms with Crippen molar-refractivity contribution in [1.82, 2.24) is 9.13 Å². The van der Waals surface area contributed by atoms with E-state index in [-0.39, 0.29) is 5.69 Å². The summed E-state index contributed by atoms with van der Waals surface area (Å²) in [5, 5.41) is 0. The SMILES string of the molecule is C=C(CCl)Cn1ccn(C)c1=O. The Kier molecular flexibility index (Phi) is 2.76. The summed E-state index contributed by atoms with van der Waals surface area (Å²) in [7, 11) is 1.71. The van der Waals surface area contributed by atoms with E-state index in [0.717, 1.165) is 5.57 Å². The lowest BCUT2D eigenvalue weighted by molar-refractivity contribution is 0.711. The molecule has 12 heavy (non-hydrogen) atoms. The van der Waals surface area contributed by atoms with E-state index in [0.29, 0.717) is 12.4 Å². The molecule has 0 aliphatic rings. The molecule has 0 amide bonds. The Morgan fingerprint density at radius 3 is 2.75 bits per heavy atom. The van der Waals surface area contributed by atoms with Crippen LogP contribution in [0.4, 0.5) is 0 Å². The molecule has 66 valence electrons. The molecule has 0 atom stereocenters. The maximum atomic E-state index is 11.3. The van der Waals surface area contributed by atoms with Crippen molar-refractivity contribution in [2.24, 2.45) is 7.05 Å². The van der Waals surface area contributed by atoms with Gasteiger partial charge < -0.3 is 4.57 Å². The van der Waals surface area contributed by atoms with Crippen LogP contribution in [0.15, 0.2) is 29.3 Å². The number of imidazole rings is 1. The number of alkyl halides is 1. The van der Waals surface area contributed by atoms with Gasteiger partial charge in [0.05, 0.1) is 0 Å². The van der Waals surface area contributed by atoms with Gasteiger partial charge in [-0.05, 0) is 5.57 Å². The third-order valence-corrected chi connectivity index (χ3v) is 1.98. The highest BCUT2D eigenvalue weighted by Crippen LogP contribution is 1.96. The Morgan fingerprint density at radius 1 is 1.67 bits per heavy atom. The Bertz CT molecular complexity index is 337. The summed E-state index contributed by atoms with van der Waals surface area (Å²) in [6, 6.07) is 0. The van der Waals surface area contributed by atoms with Crippen LogP contribution in [0, 0.1) is 0 Å². The van der Waals surface area contributed by atoms with Gasteiger partial charge in [-0.3, -0.25) is 4.57 Å². The average Bonchev–Trinajstić information content (AvgIpc) is 2.36. The zero-order valence-corrected chi connectivity index (χ0v) is 7.71. The van der Waals surface area contributed by atoms with E-state index in [9.17, 15) is 4.79 Å². The zero-order valence-electron chi connectivity index (χ0n) is 6.96. The van der Waals surface area contributed by atoms with Gasteiger partial charge in [0, 0.05) is 31.9 Å². The molecule has 0 aliphatic carbocycles. The minimum Gasteiger partial charge on any atom is -0.302 e. The first-order valence-electron chi connectivity index (χ1n) is 3.59. The lowest BCUT2D eigenvalue weighted by Gasteiger charge is -2.00. The molecule has 0 unspecified atom stereocenters. The van der Waals surface area contributed by atoms with E-state index >= 15 is 0 Å². The van der Waals surface area contributed by atoms with Gasteiger partial charge in [0.2, 0.25) is 0 Å². The minimum atomic E-state index is -0.0405. The van der Waals surface area contributed by atoms with Crippen LogP contribution in [-0.2, 0) is 13.6 Å². The van der Waals surface area contributed by atoms with Gasteiger partial charge in [-0.1, -0.05) is 6.58 Å². The normalized spacial score (nSPS) is 10.2. The van der Waals surface area contributed by atoms with Crippen molar-refractivity contribution in [2.75, 3.05) is 5.88 Å². The van der Waals surface area contributed by atoms with Crippen molar-refractivity contribution in [2.45, 2.75) is 6.54 Å². The van der Waals surface area contributed by atoms with Gasteiger partial charge >= 0.3 is 5.69 Å². The summed E-state index contributed by atoms with van der Waals surface area (Å²) < 4.78 is 3.09. The number of halogens is 1. The van der Waals surface area contributed by atoms with E-state index in [1.807, 2.05) is 0 Å². The smallest absolute Gasteiger partial charge is 0.302 e. The van der Waals surface area contributed by atoms with Crippen LogP contribution in [0.25, 0.3) is 0 Å². The second kappa shape index (κ2) is 3.63. The number of allylic oxidation sites excluding steroid dienone is 1. The molecule has 0 N–H and O–H groups in total. The molecule has 0 aromatic carbocycles. The molecule has 1 heterocycles. The monoisotopic (exact) mass is 186 g/mol. The molecule has 1 rings (SSSR count). The van der Waals surface area contributed by atoms with Gasteiger partial charge in [0.1, 0.15) is 0 Å². The molecule has 0 aliphatic heterocycles. The molecule has 0 spiro atoms. The molecule has 1 aromatic heterocycles. The van der Waals surface area contributed by atoms with Gasteiger partial charge in [0.15, 0.2) is 0 Å². The van der Waals surface area contributed by atoms with E-state index in [1.54, 1.807) is 24.0 Å². The molecular weight excluding hydrogens is 176 g/mol. The highest BCUT2D eigenvalue weighted by atomic mass is 35.5. The predicted molar refractivity (Wildman–Crippen MR) is 49.5 cm³/mol. The van der Waals surface area contributed by atoms with Crippen LogP contribution < -0.4 is 5.69 Å². The second-order valence-electron chi connectivity index (χ2n) is 2.70. The standard InChI is InChI=1S/C8H11ClN2O/c1-7(5-9)6-11-4-3-10(2)8(11)12/h3-4H,1,5-6H2,2H3. The summed E-state index contributed by atoms with van der Waals surface area (Å²) in [6.07, 6.45) is 3.43. The van der Waals surface area contributed by atoms with Gasteiger partial charge in [-0.25, -0.2) is 4.79 Å². The van der Waals surface area contributed by atoms with Crippen LogP contribution in [0.5, 0.6) is 0 Å². The Hall–Kier alpha value is -0.960. The topological polar surface area (TPSA) is 26.9 Å². The zero-order chi connectivity index (χ0) is 9.14. The number of aromatic nitrogens is 2. The quantitative estimate of drug-likeness (QED) is 0.511. The maximum absolute atomic E-state index is 11.3. The number of hydrogen-bond acceptors (Lipinski definition) is 1. The third-order valence-electron chi connectivity index (χ3n) is 1.60. The number of aryl methyl sites for hydroxylation is 1. The molecule has 3 nitrogen and oxygen atoms in total. The highest BCUT2D eigenvalue weighted by Gasteiger charge is 1.99. The Balaban J connectivity index is 2.83. The predicted octanol–water partition coefficient (Wildman–Crippen LogP) is 0.982. The van der Waals surface area contributed by atoms with Crippen molar-refractivity contribution in [1.29, 1.82) is 0 Å². The number of rotatable bonds is 3. The van der Waals surface area contributed by atoms with Gasteiger partial charge in [-0.2, -0.15) is 0 Å². The van der Waals surface area contributed by atoms with Crippen LogP contribution in [0.2, 0.25) is 0 Å². The van der Waals surface area contributed by atoms with Gasteiger partial charge in [-0.15, -0.1) is 11.6 Å². The maximum Gasteiger partial charge on any atom is 0.328 e. The molecular formula is C8H11ClN2O. The van der Waals surface area contributed by atoms with Crippen molar-refractivity contribution in [3.63, 3.8) is 0 Å². The van der Waals surface area contributed by atoms with Crippen molar-refractivity contribution in [3.8, 4) is 0 Å². The fraction of sp³-hybridized carbons (Fsp3) is 0.375. The lowest BCUT2D eigenvalue weighted by atomic mass is 10.3. The van der Waals surface area contributed by atoms with Crippen LogP contribution in [-0.4, -0.2) is 15.0 Å². The summed E-state index contributed by atoms with van der Waals surface area (Å²) in [5.74, 6) is 0.390. The van der Waals surface area contributed by atoms with E-state index in [2.05, 4.69) is 6.58 Å². The number of nitrogens with zero attached hydrogens (tertiary/aromatic N) is 2. The van der Waals surface area contributed by atoms with E-state index < -0.39 is 0 Å². The largest absolute Gasteiger partial charge is 0.328 e. The number of hydrogen-bond donors (Lipinski definition) is 0. The van der Waals surface area contributed by atoms with E-state index in [1.165, 1.54) is 4.57 Å². The van der Waals surface area contributed by atoms with Crippen molar-refractivity contribution < 1.29 is 0 Å². The summed E-state index contributed by atoms with van der Waals surface area (Å²) in [4.78, 5) is 11.3. The first-order valence-corrected chi connectivity index (χ1v) is 4.13. The van der Waals surface area contributed by atoms with Crippen LogP contribution in [0.1, 0.15) is 0 Å². The highest BCUT2D eigenvalue weighted by molar-refractivity contribution is 6.19. The lowest BCUT2D eigenvalue weighted by Crippen LogP contribution is -2.22. The average molecular weight is 187 g/mol. The second-order valence-corrected chi connectivity index (χ2v) is 2.97. The van der Waals surface area contributed by atoms with Crippen molar-refractivity contribution >= 4 is 11.6 Å². The Labute approximate surface area is 75.9 Å². The van der Waals surface area contributed by atoms with Crippen LogP contribution >= 0.6 is 11.6 Å². The molecule has 1 aromatic rings. The molecule has 0 radical (unpaired) electrons. The summed E-state index contributed by atoms with van der Waals surface area (Å²) >= 11 is 5.54. The van der Waals surface area contributed by atoms with Crippen molar-refractivity contribution in [3.05, 3.63) is 35.0 Å². The fourth-order valence-electron chi connectivity index (χ4n) is 0.914. The fourth-order valence-corrected chi connectivity index (χ4v) is 0.999. The van der Waals surface area contributed by atoms with Gasteiger partial charge in [0.25, 0.3) is 0 Å². The first-order chi connectivity index (χ1) is 5.65. The summed E-state index contributed by atoms with van der Waals surface area (Å²) in [6.45, 7) is 4.22. The van der Waals surface area contributed by atoms with Crippen LogP contribution in [0.3, 0.4) is 0 Å². The molecule has 0 saturated carbocycles.